The molecule has 0 bridgehead atoms. The first-order chi connectivity index (χ1) is 16.5. The number of imidazole rings is 1. The second-order valence-electron chi connectivity index (χ2n) is 8.56. The van der Waals surface area contributed by atoms with E-state index in [0.29, 0.717) is 25.1 Å². The number of nitrogens with zero attached hydrogens (tertiary/aromatic N) is 2. The van der Waals surface area contributed by atoms with Gasteiger partial charge in [-0.05, 0) is 86.3 Å². The first-order valence-corrected chi connectivity index (χ1v) is 12.5. The van der Waals surface area contributed by atoms with Crippen LogP contribution in [0.3, 0.4) is 0 Å². The smallest absolute Gasteiger partial charge is 0.251 e. The van der Waals surface area contributed by atoms with Crippen LogP contribution in [0.2, 0.25) is 0 Å². The molecule has 0 radical (unpaired) electrons. The number of unbranched alkanes of at least 4 members (excludes halogenated alkanes) is 1. The van der Waals surface area contributed by atoms with Crippen molar-refractivity contribution in [3.63, 3.8) is 0 Å². The van der Waals surface area contributed by atoms with Crippen LogP contribution in [0.5, 0.6) is 5.75 Å². The average Bonchev–Trinajstić information content (AvgIpc) is 3.16. The minimum absolute atomic E-state index is 0.0707. The van der Waals surface area contributed by atoms with Gasteiger partial charge < -0.3 is 14.6 Å². The van der Waals surface area contributed by atoms with Gasteiger partial charge in [-0.3, -0.25) is 4.79 Å². The zero-order chi connectivity index (χ0) is 23.9. The number of nitrogens with one attached hydrogen (secondary N) is 1. The number of hydrogen-bond donors (Lipinski definition) is 1. The largest absolute Gasteiger partial charge is 0.494 e. The molecule has 1 aromatic heterocycles. The molecule has 0 atom stereocenters. The van der Waals surface area contributed by atoms with E-state index < -0.39 is 0 Å². The number of aromatic nitrogens is 2. The highest BCUT2D eigenvalue weighted by Gasteiger charge is 2.11. The Bertz CT molecular complexity index is 1240. The van der Waals surface area contributed by atoms with Crippen molar-refractivity contribution < 1.29 is 9.53 Å². The maximum Gasteiger partial charge on any atom is 0.251 e. The number of hydrogen-bond acceptors (Lipinski definition) is 3. The molecule has 1 amide bonds. The Balaban J connectivity index is 1.33. The summed E-state index contributed by atoms with van der Waals surface area (Å²) in [6.45, 7) is 6.27. The Morgan fingerprint density at radius 2 is 1.74 bits per heavy atom. The summed E-state index contributed by atoms with van der Waals surface area (Å²) in [4.78, 5) is 17.3. The highest BCUT2D eigenvalue weighted by Crippen LogP contribution is 2.19. The van der Waals surface area contributed by atoms with Crippen LogP contribution in [0.25, 0.3) is 11.0 Å². The summed E-state index contributed by atoms with van der Waals surface area (Å²) in [5.74, 6) is 1.86. The Morgan fingerprint density at radius 1 is 1.00 bits per heavy atom. The van der Waals surface area contributed by atoms with E-state index in [1.165, 1.54) is 11.1 Å². The van der Waals surface area contributed by atoms with Crippen LogP contribution in [0, 0.1) is 13.8 Å². The summed E-state index contributed by atoms with van der Waals surface area (Å²) < 4.78 is 9.20. The molecule has 6 heteroatoms. The molecule has 4 aromatic rings. The molecule has 176 valence electrons. The summed E-state index contributed by atoms with van der Waals surface area (Å²) in [5, 5.41) is 3.01. The van der Waals surface area contributed by atoms with E-state index >= 15 is 0 Å². The topological polar surface area (TPSA) is 56.1 Å². The quantitative estimate of drug-likeness (QED) is 0.252. The van der Waals surface area contributed by atoms with Crippen LogP contribution in [-0.4, -0.2) is 28.6 Å². The van der Waals surface area contributed by atoms with E-state index in [-0.39, 0.29) is 5.91 Å². The summed E-state index contributed by atoms with van der Waals surface area (Å²) in [6.07, 6.45) is 2.62. The minimum atomic E-state index is -0.0707. The van der Waals surface area contributed by atoms with Crippen LogP contribution in [0.15, 0.2) is 71.2 Å². The number of amides is 1. The van der Waals surface area contributed by atoms with Crippen molar-refractivity contribution in [2.24, 2.45) is 0 Å². The zero-order valence-corrected chi connectivity index (χ0v) is 21.3. The van der Waals surface area contributed by atoms with E-state index in [1.807, 2.05) is 42.5 Å². The van der Waals surface area contributed by atoms with Crippen molar-refractivity contribution in [3.8, 4) is 5.75 Å². The normalized spacial score (nSPS) is 11.0. The van der Waals surface area contributed by atoms with Gasteiger partial charge in [-0.15, -0.1) is 0 Å². The van der Waals surface area contributed by atoms with Gasteiger partial charge >= 0.3 is 0 Å². The van der Waals surface area contributed by atoms with Crippen LogP contribution >= 0.6 is 15.9 Å². The van der Waals surface area contributed by atoms with E-state index in [2.05, 4.69) is 63.9 Å². The monoisotopic (exact) mass is 519 g/mol. The maximum atomic E-state index is 12.4. The van der Waals surface area contributed by atoms with Gasteiger partial charge in [-0.2, -0.15) is 0 Å². The third-order valence-electron chi connectivity index (χ3n) is 5.71. The van der Waals surface area contributed by atoms with Gasteiger partial charge in [-0.25, -0.2) is 4.98 Å². The first kappa shape index (κ1) is 24.0. The third-order valence-corrected chi connectivity index (χ3v) is 6.24. The average molecular weight is 520 g/mol. The highest BCUT2D eigenvalue weighted by atomic mass is 79.9. The fourth-order valence-electron chi connectivity index (χ4n) is 4.14. The maximum absolute atomic E-state index is 12.4. The van der Waals surface area contributed by atoms with Gasteiger partial charge in [0.2, 0.25) is 0 Å². The molecule has 5 nitrogen and oxygen atoms in total. The van der Waals surface area contributed by atoms with Crippen LogP contribution < -0.4 is 10.1 Å². The van der Waals surface area contributed by atoms with Gasteiger partial charge in [0.05, 0.1) is 17.6 Å². The summed E-state index contributed by atoms with van der Waals surface area (Å²) in [5.41, 5.74) is 5.21. The molecule has 0 aliphatic carbocycles. The number of halogens is 1. The summed E-state index contributed by atoms with van der Waals surface area (Å²) in [6, 6.07) is 21.9. The van der Waals surface area contributed by atoms with Crippen molar-refractivity contribution in [2.75, 3.05) is 13.2 Å². The van der Waals surface area contributed by atoms with Crippen molar-refractivity contribution in [3.05, 3.63) is 93.7 Å². The van der Waals surface area contributed by atoms with E-state index in [0.717, 1.165) is 46.5 Å². The lowest BCUT2D eigenvalue weighted by Gasteiger charge is -2.11. The van der Waals surface area contributed by atoms with Crippen molar-refractivity contribution >= 4 is 32.9 Å². The van der Waals surface area contributed by atoms with Gasteiger partial charge in [0.25, 0.3) is 5.91 Å². The standard InChI is InChI=1S/C28H30BrN3O2/c1-20-17-21(2)19-24(18-20)34-16-6-5-15-32-26-8-4-3-7-25(26)31-27(32)13-14-30-28(33)22-9-11-23(29)12-10-22/h3-4,7-12,17-19H,5-6,13-16H2,1-2H3,(H,30,33). The Kier molecular flexibility index (Phi) is 8.01. The number of carbonyl (C=O) groups excluding carboxylic acids is 1. The molecule has 0 unspecified atom stereocenters. The molecule has 0 spiro atoms. The van der Waals surface area contributed by atoms with Gasteiger partial charge in [-0.1, -0.05) is 34.1 Å². The highest BCUT2D eigenvalue weighted by molar-refractivity contribution is 9.10. The lowest BCUT2D eigenvalue weighted by molar-refractivity contribution is 0.0954. The van der Waals surface area contributed by atoms with E-state index in [4.69, 9.17) is 9.72 Å². The molecule has 3 aromatic carbocycles. The molecule has 1 N–H and O–H groups in total. The number of rotatable bonds is 10. The van der Waals surface area contributed by atoms with Crippen molar-refractivity contribution in [1.82, 2.24) is 14.9 Å². The van der Waals surface area contributed by atoms with Crippen LogP contribution in [-0.2, 0) is 13.0 Å². The van der Waals surface area contributed by atoms with Gasteiger partial charge in [0.1, 0.15) is 11.6 Å². The lowest BCUT2D eigenvalue weighted by Crippen LogP contribution is -2.26. The van der Waals surface area contributed by atoms with Crippen LogP contribution in [0.4, 0.5) is 0 Å². The molecule has 0 fully saturated rings. The Labute approximate surface area is 209 Å². The number of aryl methyl sites for hydroxylation is 3. The molecule has 1 heterocycles. The predicted octanol–water partition coefficient (Wildman–Crippen LogP) is 6.25. The predicted molar refractivity (Wildman–Crippen MR) is 141 cm³/mol. The molecule has 0 aliphatic rings. The number of fused-ring (bicyclic) bond motifs is 1. The van der Waals surface area contributed by atoms with E-state index in [1.54, 1.807) is 0 Å². The SMILES string of the molecule is Cc1cc(C)cc(OCCCCn2c(CCNC(=O)c3ccc(Br)cc3)nc3ccccc32)c1. The first-order valence-electron chi connectivity index (χ1n) is 11.7. The van der Waals surface area contributed by atoms with Gasteiger partial charge in [0.15, 0.2) is 0 Å². The molecular formula is C28H30BrN3O2. The number of benzene rings is 3. The Hall–Kier alpha value is -3.12. The van der Waals surface area contributed by atoms with Crippen molar-refractivity contribution in [2.45, 2.75) is 39.7 Å². The second kappa shape index (κ2) is 11.3. The zero-order valence-electron chi connectivity index (χ0n) is 19.7. The minimum Gasteiger partial charge on any atom is -0.494 e. The van der Waals surface area contributed by atoms with Gasteiger partial charge in [0, 0.05) is 29.5 Å². The molecular weight excluding hydrogens is 490 g/mol. The summed E-state index contributed by atoms with van der Waals surface area (Å²) in [7, 11) is 0. The Morgan fingerprint density at radius 3 is 2.50 bits per heavy atom. The van der Waals surface area contributed by atoms with Crippen molar-refractivity contribution in [1.29, 1.82) is 0 Å². The number of para-hydroxylation sites is 2. The molecule has 0 aliphatic heterocycles. The molecule has 0 saturated carbocycles. The molecule has 34 heavy (non-hydrogen) atoms. The molecule has 4 rings (SSSR count). The van der Waals surface area contributed by atoms with Crippen LogP contribution in [0.1, 0.15) is 40.2 Å². The summed E-state index contributed by atoms with van der Waals surface area (Å²) >= 11 is 3.40. The fraction of sp³-hybridized carbons (Fsp3) is 0.286. The fourth-order valence-corrected chi connectivity index (χ4v) is 4.40. The lowest BCUT2D eigenvalue weighted by atomic mass is 10.1. The second-order valence-corrected chi connectivity index (χ2v) is 9.48. The molecule has 0 saturated heterocycles. The number of carbonyl (C=O) groups is 1. The third kappa shape index (κ3) is 6.26. The van der Waals surface area contributed by atoms with E-state index in [9.17, 15) is 4.79 Å². The number of ether oxygens (including phenoxy) is 1.